The zero-order valence-corrected chi connectivity index (χ0v) is 39.5. The molecule has 0 aliphatic rings. The molecule has 0 radical (unpaired) electrons. The smallest absolute Gasteiger partial charge is 0.261 e. The van der Waals surface area contributed by atoms with Gasteiger partial charge in [-0.25, -0.2) is 0 Å². The number of hydrogen-bond donors (Lipinski definition) is 1. The van der Waals surface area contributed by atoms with Gasteiger partial charge in [-0.2, -0.15) is 0 Å². The lowest BCUT2D eigenvalue weighted by atomic mass is 9.98. The van der Waals surface area contributed by atoms with Crippen molar-refractivity contribution in [3.8, 4) is 11.5 Å². The number of methoxy groups -OCH3 is 3. The van der Waals surface area contributed by atoms with Crippen LogP contribution in [0.2, 0.25) is 23.2 Å². The number of aliphatic hydroxyl groups is 1. The fourth-order valence-electron chi connectivity index (χ4n) is 7.02. The lowest BCUT2D eigenvalue weighted by Crippen LogP contribution is -2.67. The van der Waals surface area contributed by atoms with Gasteiger partial charge in [-0.15, -0.1) is 0 Å². The Kier molecular flexibility index (Phi) is 17.8. The lowest BCUT2D eigenvalue weighted by Gasteiger charge is -2.44. The molecule has 1 N–H and O–H groups in total. The summed E-state index contributed by atoms with van der Waals surface area (Å²) in [6.45, 7) is 23.6. The molecule has 0 amide bonds. The molecule has 0 fully saturated rings. The molecule has 4 aromatic rings. The number of benzene rings is 4. The highest BCUT2D eigenvalue weighted by Crippen LogP contribution is 2.38. The number of hydrogen-bond acceptors (Lipinski definition) is 8. The first-order valence-electron chi connectivity index (χ1n) is 20.7. The van der Waals surface area contributed by atoms with E-state index < -0.39 is 28.8 Å². The Labute approximate surface area is 357 Å². The van der Waals surface area contributed by atoms with Crippen LogP contribution < -0.4 is 19.8 Å². The number of rotatable bonds is 23. The molecule has 0 aliphatic carbocycles. The largest absolute Gasteiger partial charge is 0.497 e. The van der Waals surface area contributed by atoms with Crippen LogP contribution in [0.5, 0.6) is 11.5 Å². The van der Waals surface area contributed by atoms with Crippen molar-refractivity contribution >= 4 is 27.0 Å². The summed E-state index contributed by atoms with van der Waals surface area (Å²) in [6, 6.07) is 36.7. The number of aliphatic hydroxyl groups excluding tert-OH is 1. The SMILES string of the molecule is C=C(C[C@H](O)[C@H](CO[Si](c1ccccc1)(c1ccccc1)C(C)(C)C)OCc1ccc(OC)cc1)C[C@@H](OC)[C@@H](CO[Si](C)(C)C(C)(C)C)OCc1ccc(OC)cc1. The summed E-state index contributed by atoms with van der Waals surface area (Å²) in [5.41, 5.74) is 2.80. The van der Waals surface area contributed by atoms with Crippen LogP contribution in [0.4, 0.5) is 0 Å². The molecule has 59 heavy (non-hydrogen) atoms. The standard InChI is InChI=1S/C49H70O8Si2/c1-37(32-45(53-10)47(36-56-58(11,12)48(2,3)4)55-34-39-25-29-41(52-9)30-26-39)31-44(50)46(54-33-38-23-27-40(51-8)28-24-38)35-57-59(49(5,6)7,42-19-15-13-16-20-42)43-21-17-14-18-22-43/h13-30,44-47,50H,1,31-36H2,2-12H3/t44-,45+,46-,47+/m0/s1. The van der Waals surface area contributed by atoms with Crippen molar-refractivity contribution in [1.82, 2.24) is 0 Å². The first-order chi connectivity index (χ1) is 27.9. The van der Waals surface area contributed by atoms with E-state index in [0.29, 0.717) is 19.6 Å². The molecule has 8 nitrogen and oxygen atoms in total. The molecule has 0 heterocycles. The first-order valence-corrected chi connectivity index (χ1v) is 25.5. The Morgan fingerprint density at radius 1 is 0.576 bits per heavy atom. The molecule has 0 spiro atoms. The van der Waals surface area contributed by atoms with Crippen LogP contribution >= 0.6 is 0 Å². The van der Waals surface area contributed by atoms with E-state index in [0.717, 1.165) is 38.6 Å². The van der Waals surface area contributed by atoms with Crippen LogP contribution in [0, 0.1) is 0 Å². The predicted octanol–water partition coefficient (Wildman–Crippen LogP) is 9.49. The lowest BCUT2D eigenvalue weighted by molar-refractivity contribution is -0.0848. The Morgan fingerprint density at radius 3 is 1.42 bits per heavy atom. The van der Waals surface area contributed by atoms with E-state index in [2.05, 4.69) is 110 Å². The number of ether oxygens (including phenoxy) is 5. The summed E-state index contributed by atoms with van der Waals surface area (Å²) in [7, 11) is -0.0317. The second-order valence-corrected chi connectivity index (χ2v) is 27.1. The quantitative estimate of drug-likeness (QED) is 0.0585. The van der Waals surface area contributed by atoms with Crippen LogP contribution in [0.25, 0.3) is 0 Å². The highest BCUT2D eigenvalue weighted by atomic mass is 28.4. The van der Waals surface area contributed by atoms with Gasteiger partial charge >= 0.3 is 0 Å². The minimum atomic E-state index is -2.93. The van der Waals surface area contributed by atoms with E-state index in [1.807, 2.05) is 60.7 Å². The summed E-state index contributed by atoms with van der Waals surface area (Å²) in [5, 5.41) is 14.2. The molecule has 322 valence electrons. The van der Waals surface area contributed by atoms with E-state index in [4.69, 9.17) is 32.5 Å². The summed E-state index contributed by atoms with van der Waals surface area (Å²) in [5.74, 6) is 1.56. The van der Waals surface area contributed by atoms with E-state index in [1.165, 1.54) is 0 Å². The zero-order chi connectivity index (χ0) is 43.3. The van der Waals surface area contributed by atoms with Crippen molar-refractivity contribution in [3.05, 3.63) is 132 Å². The Hall–Kier alpha value is -3.59. The molecule has 4 atom stereocenters. The molecule has 0 aliphatic heterocycles. The van der Waals surface area contributed by atoms with Gasteiger partial charge in [0.2, 0.25) is 0 Å². The Morgan fingerprint density at radius 2 is 1.02 bits per heavy atom. The molecule has 4 rings (SSSR count). The van der Waals surface area contributed by atoms with Crippen molar-refractivity contribution < 1.29 is 37.6 Å². The average Bonchev–Trinajstić information content (AvgIpc) is 3.21. The van der Waals surface area contributed by atoms with Gasteiger partial charge in [-0.05, 0) is 81.8 Å². The summed E-state index contributed by atoms with van der Waals surface area (Å²) >= 11 is 0. The summed E-state index contributed by atoms with van der Waals surface area (Å²) in [4.78, 5) is 0. The third-order valence-electron chi connectivity index (χ3n) is 11.7. The van der Waals surface area contributed by atoms with Gasteiger partial charge in [0.15, 0.2) is 8.32 Å². The maximum atomic E-state index is 12.1. The predicted molar refractivity (Wildman–Crippen MR) is 245 cm³/mol. The second kappa shape index (κ2) is 21.8. The van der Waals surface area contributed by atoms with Crippen molar-refractivity contribution in [2.24, 2.45) is 0 Å². The van der Waals surface area contributed by atoms with Crippen molar-refractivity contribution in [1.29, 1.82) is 0 Å². The van der Waals surface area contributed by atoms with Gasteiger partial charge in [-0.1, -0.05) is 139 Å². The van der Waals surface area contributed by atoms with Crippen LogP contribution in [0.1, 0.15) is 65.5 Å². The molecule has 0 unspecified atom stereocenters. The molecule has 0 saturated heterocycles. The van der Waals surface area contributed by atoms with E-state index in [-0.39, 0.29) is 41.9 Å². The normalized spacial score (nSPS) is 14.6. The van der Waals surface area contributed by atoms with Gasteiger partial charge in [-0.3, -0.25) is 0 Å². The van der Waals surface area contributed by atoms with Crippen LogP contribution in [-0.2, 0) is 36.3 Å². The maximum Gasteiger partial charge on any atom is 0.261 e. The fourth-order valence-corrected chi connectivity index (χ4v) is 12.6. The molecule has 0 aromatic heterocycles. The summed E-state index contributed by atoms with van der Waals surface area (Å²) < 4.78 is 44.1. The van der Waals surface area contributed by atoms with Gasteiger partial charge in [0.05, 0.1) is 52.9 Å². The topological polar surface area (TPSA) is 84.8 Å². The van der Waals surface area contributed by atoms with Gasteiger partial charge < -0.3 is 37.6 Å². The molecule has 0 bridgehead atoms. The monoisotopic (exact) mass is 842 g/mol. The van der Waals surface area contributed by atoms with E-state index in [1.54, 1.807) is 21.3 Å². The highest BCUT2D eigenvalue weighted by molar-refractivity contribution is 6.99. The zero-order valence-electron chi connectivity index (χ0n) is 37.5. The van der Waals surface area contributed by atoms with Crippen molar-refractivity contribution in [3.63, 3.8) is 0 Å². The van der Waals surface area contributed by atoms with Crippen molar-refractivity contribution in [2.45, 2.75) is 115 Å². The van der Waals surface area contributed by atoms with Crippen molar-refractivity contribution in [2.75, 3.05) is 34.5 Å². The highest BCUT2D eigenvalue weighted by Gasteiger charge is 2.50. The molecule has 10 heteroatoms. The van der Waals surface area contributed by atoms with Crippen LogP contribution in [0.15, 0.2) is 121 Å². The van der Waals surface area contributed by atoms with Gasteiger partial charge in [0, 0.05) is 7.11 Å². The third-order valence-corrected chi connectivity index (χ3v) is 21.2. The van der Waals surface area contributed by atoms with Crippen LogP contribution in [0.3, 0.4) is 0 Å². The average molecular weight is 843 g/mol. The summed E-state index contributed by atoms with van der Waals surface area (Å²) in [6.07, 6.45) is -1.59. The second-order valence-electron chi connectivity index (χ2n) is 17.9. The molecular formula is C49H70O8Si2. The van der Waals surface area contributed by atoms with E-state index >= 15 is 0 Å². The van der Waals surface area contributed by atoms with E-state index in [9.17, 15) is 5.11 Å². The minimum absolute atomic E-state index is 0.0289. The maximum absolute atomic E-state index is 12.1. The molecule has 0 saturated carbocycles. The molecular weight excluding hydrogens is 773 g/mol. The fraction of sp³-hybridized carbons (Fsp3) is 0.469. The third kappa shape index (κ3) is 13.2. The first kappa shape index (κ1) is 48.1. The Balaban J connectivity index is 1.59. The minimum Gasteiger partial charge on any atom is -0.497 e. The van der Waals surface area contributed by atoms with Crippen LogP contribution in [-0.4, -0.2) is 80.7 Å². The van der Waals surface area contributed by atoms with Gasteiger partial charge in [0.1, 0.15) is 23.7 Å². The molecule has 4 aromatic carbocycles. The Bertz CT molecular complexity index is 1780. The van der Waals surface area contributed by atoms with Gasteiger partial charge in [0.25, 0.3) is 8.32 Å².